The summed E-state index contributed by atoms with van der Waals surface area (Å²) in [5, 5.41) is 3.19. The highest BCUT2D eigenvalue weighted by molar-refractivity contribution is 6.31. The van der Waals surface area contributed by atoms with Crippen LogP contribution in [0.3, 0.4) is 0 Å². The summed E-state index contributed by atoms with van der Waals surface area (Å²) in [5.41, 5.74) is 3.55. The van der Waals surface area contributed by atoms with Gasteiger partial charge in [0.05, 0.1) is 13.1 Å². The molecule has 1 saturated heterocycles. The van der Waals surface area contributed by atoms with Crippen LogP contribution < -0.4 is 10.1 Å². The average Bonchev–Trinajstić information content (AvgIpc) is 3.23. The largest absolute Gasteiger partial charge is 0.492 e. The molecule has 0 saturated carbocycles. The number of carbonyl (C=O) groups is 3. The molecule has 4 amide bonds. The predicted octanol–water partition coefficient (Wildman–Crippen LogP) is 4.69. The van der Waals surface area contributed by atoms with Crippen LogP contribution in [-0.4, -0.2) is 33.9 Å². The molecule has 2 heterocycles. The first kappa shape index (κ1) is 23.1. The first-order valence-corrected chi connectivity index (χ1v) is 11.7. The second-order valence-corrected chi connectivity index (χ2v) is 8.65. The molecule has 1 aliphatic rings. The molecule has 0 unspecified atom stereocenters. The number of carbonyl (C=O) groups excluding carboxylic acids is 3. The number of para-hydroxylation sites is 1. The molecule has 1 N–H and O–H groups in total. The number of barbiturate groups is 1. The Balaban J connectivity index is 1.41. The highest BCUT2D eigenvalue weighted by Crippen LogP contribution is 2.25. The van der Waals surface area contributed by atoms with Gasteiger partial charge in [0.25, 0.3) is 11.8 Å². The molecule has 1 aliphatic heterocycles. The Bertz CT molecular complexity index is 1470. The number of aromatic nitrogens is 1. The number of fused-ring (bicyclic) bond motifs is 1. The summed E-state index contributed by atoms with van der Waals surface area (Å²) in [7, 11) is 0. The summed E-state index contributed by atoms with van der Waals surface area (Å²) < 4.78 is 7.93. The fourth-order valence-corrected chi connectivity index (χ4v) is 4.23. The Morgan fingerprint density at radius 3 is 2.39 bits per heavy atom. The number of nitrogens with zero attached hydrogens (tertiary/aromatic N) is 2. The zero-order chi connectivity index (χ0) is 25.1. The van der Waals surface area contributed by atoms with Crippen LogP contribution in [0.5, 0.6) is 5.75 Å². The lowest BCUT2D eigenvalue weighted by Crippen LogP contribution is -2.53. The number of hydrogen-bond acceptors (Lipinski definition) is 4. The second-order valence-electron chi connectivity index (χ2n) is 8.65. The summed E-state index contributed by atoms with van der Waals surface area (Å²) in [6, 6.07) is 24.1. The van der Waals surface area contributed by atoms with Gasteiger partial charge in [-0.25, -0.2) is 4.79 Å². The Hall–Kier alpha value is -4.65. The van der Waals surface area contributed by atoms with Gasteiger partial charge < -0.3 is 9.30 Å². The van der Waals surface area contributed by atoms with E-state index in [0.717, 1.165) is 27.1 Å². The predicted molar refractivity (Wildman–Crippen MR) is 137 cm³/mol. The number of amides is 4. The molecular weight excluding hydrogens is 454 g/mol. The van der Waals surface area contributed by atoms with Crippen LogP contribution in [-0.2, 0) is 22.7 Å². The van der Waals surface area contributed by atoms with Crippen molar-refractivity contribution in [1.29, 1.82) is 0 Å². The van der Waals surface area contributed by atoms with Crippen LogP contribution in [0.4, 0.5) is 4.79 Å². The van der Waals surface area contributed by atoms with Crippen molar-refractivity contribution in [1.82, 2.24) is 14.8 Å². The number of hydrogen-bond donors (Lipinski definition) is 1. The molecule has 4 aromatic rings. The zero-order valence-electron chi connectivity index (χ0n) is 19.8. The maximum absolute atomic E-state index is 13.2. The van der Waals surface area contributed by atoms with Gasteiger partial charge in [-0.3, -0.25) is 19.8 Å². The summed E-state index contributed by atoms with van der Waals surface area (Å²) >= 11 is 0. The van der Waals surface area contributed by atoms with Gasteiger partial charge in [0.15, 0.2) is 0 Å². The third-order valence-electron chi connectivity index (χ3n) is 6.11. The highest BCUT2D eigenvalue weighted by atomic mass is 16.5. The van der Waals surface area contributed by atoms with E-state index < -0.39 is 17.8 Å². The molecule has 0 spiro atoms. The number of rotatable bonds is 7. The lowest BCUT2D eigenvalue weighted by molar-refractivity contribution is -0.130. The third-order valence-corrected chi connectivity index (χ3v) is 6.11. The van der Waals surface area contributed by atoms with Crippen molar-refractivity contribution in [2.24, 2.45) is 0 Å². The summed E-state index contributed by atoms with van der Waals surface area (Å²) in [5.74, 6) is -0.520. The minimum atomic E-state index is -0.721. The van der Waals surface area contributed by atoms with Crippen LogP contribution in [0.15, 0.2) is 90.6 Å². The van der Waals surface area contributed by atoms with Crippen LogP contribution in [0.2, 0.25) is 0 Å². The van der Waals surface area contributed by atoms with Crippen molar-refractivity contribution in [3.63, 3.8) is 0 Å². The molecule has 180 valence electrons. The van der Waals surface area contributed by atoms with E-state index in [9.17, 15) is 14.4 Å². The van der Waals surface area contributed by atoms with Gasteiger partial charge in [-0.1, -0.05) is 66.2 Å². The Morgan fingerprint density at radius 1 is 0.889 bits per heavy atom. The van der Waals surface area contributed by atoms with Gasteiger partial charge in [0.2, 0.25) is 0 Å². The Morgan fingerprint density at radius 2 is 1.61 bits per heavy atom. The van der Waals surface area contributed by atoms with E-state index in [2.05, 4.69) is 5.32 Å². The van der Waals surface area contributed by atoms with Crippen molar-refractivity contribution in [3.05, 3.63) is 107 Å². The summed E-state index contributed by atoms with van der Waals surface area (Å²) in [6.07, 6.45) is 3.45. The number of aryl methyl sites for hydroxylation is 1. The normalized spacial score (nSPS) is 15.0. The third kappa shape index (κ3) is 4.77. The van der Waals surface area contributed by atoms with Gasteiger partial charge >= 0.3 is 6.03 Å². The number of imide groups is 2. The molecular formula is C29H25N3O4. The lowest BCUT2D eigenvalue weighted by atomic mass is 10.1. The van der Waals surface area contributed by atoms with Gasteiger partial charge in [0, 0.05) is 22.7 Å². The maximum atomic E-state index is 13.2. The van der Waals surface area contributed by atoms with Crippen molar-refractivity contribution in [3.8, 4) is 5.75 Å². The van der Waals surface area contributed by atoms with Crippen molar-refractivity contribution >= 4 is 34.8 Å². The van der Waals surface area contributed by atoms with E-state index in [4.69, 9.17) is 4.74 Å². The van der Waals surface area contributed by atoms with E-state index in [1.54, 1.807) is 6.08 Å². The first-order valence-electron chi connectivity index (χ1n) is 11.7. The molecule has 1 fully saturated rings. The molecule has 7 nitrogen and oxygen atoms in total. The number of nitrogens with one attached hydrogen (secondary N) is 1. The lowest BCUT2D eigenvalue weighted by Gasteiger charge is -2.26. The summed E-state index contributed by atoms with van der Waals surface area (Å²) in [4.78, 5) is 39.3. The zero-order valence-corrected chi connectivity index (χ0v) is 19.8. The van der Waals surface area contributed by atoms with Gasteiger partial charge in [-0.05, 0) is 36.8 Å². The fourth-order valence-electron chi connectivity index (χ4n) is 4.23. The Labute approximate surface area is 208 Å². The quantitative estimate of drug-likeness (QED) is 0.308. The first-order chi connectivity index (χ1) is 17.5. The smallest absolute Gasteiger partial charge is 0.331 e. The van der Waals surface area contributed by atoms with Gasteiger partial charge in [-0.2, -0.15) is 0 Å². The molecule has 1 aromatic heterocycles. The average molecular weight is 480 g/mol. The molecule has 5 rings (SSSR count). The maximum Gasteiger partial charge on any atom is 0.331 e. The topological polar surface area (TPSA) is 80.6 Å². The molecule has 0 atom stereocenters. The molecule has 36 heavy (non-hydrogen) atoms. The summed E-state index contributed by atoms with van der Waals surface area (Å²) in [6.45, 7) is 3.14. The second kappa shape index (κ2) is 9.92. The minimum absolute atomic E-state index is 0.0776. The molecule has 0 aliphatic carbocycles. The fraction of sp³-hybridized carbons (Fsp3) is 0.138. The highest BCUT2D eigenvalue weighted by Gasteiger charge is 2.35. The van der Waals surface area contributed by atoms with Crippen molar-refractivity contribution < 1.29 is 19.1 Å². The molecule has 0 bridgehead atoms. The monoisotopic (exact) mass is 479 g/mol. The minimum Gasteiger partial charge on any atom is -0.492 e. The van der Waals surface area contributed by atoms with Gasteiger partial charge in [-0.15, -0.1) is 0 Å². The van der Waals surface area contributed by atoms with E-state index in [-0.39, 0.29) is 12.1 Å². The SMILES string of the molecule is Cc1ccc(OCCn2cc(/C=C3\C(=O)NC(=O)N(Cc4ccccc4)C3=O)c3ccccc32)cc1. The van der Waals surface area contributed by atoms with E-state index in [1.807, 2.05) is 96.6 Å². The van der Waals surface area contributed by atoms with E-state index >= 15 is 0 Å². The van der Waals surface area contributed by atoms with Crippen LogP contribution in [0.1, 0.15) is 16.7 Å². The Kier molecular flexibility index (Phi) is 6.36. The van der Waals surface area contributed by atoms with E-state index in [1.165, 1.54) is 5.56 Å². The number of urea groups is 1. The molecule has 3 aromatic carbocycles. The van der Waals surface area contributed by atoms with Crippen molar-refractivity contribution in [2.75, 3.05) is 6.61 Å². The van der Waals surface area contributed by atoms with Crippen molar-refractivity contribution in [2.45, 2.75) is 20.0 Å². The molecule has 0 radical (unpaired) electrons. The number of ether oxygens (including phenoxy) is 1. The van der Waals surface area contributed by atoms with Crippen LogP contribution in [0, 0.1) is 6.92 Å². The van der Waals surface area contributed by atoms with Gasteiger partial charge in [0.1, 0.15) is 17.9 Å². The van der Waals surface area contributed by atoms with E-state index in [0.29, 0.717) is 18.7 Å². The molecule has 7 heteroatoms. The number of benzene rings is 3. The standard InChI is InChI=1S/C29H25N3O4/c1-20-11-13-23(14-12-20)36-16-15-31-19-22(24-9-5-6-10-26(24)31)17-25-27(33)30-29(35)32(28(25)34)18-21-7-3-2-4-8-21/h2-14,17,19H,15-16,18H2,1H3,(H,30,33,35)/b25-17+. The van der Waals surface area contributed by atoms with Crippen LogP contribution in [0.25, 0.3) is 17.0 Å². The van der Waals surface area contributed by atoms with Crippen LogP contribution >= 0.6 is 0 Å².